The van der Waals surface area contributed by atoms with Crippen molar-refractivity contribution in [1.29, 1.82) is 0 Å². The topological polar surface area (TPSA) is 106 Å². The van der Waals surface area contributed by atoms with E-state index in [0.29, 0.717) is 28.5 Å². The molecule has 1 aromatic carbocycles. The summed E-state index contributed by atoms with van der Waals surface area (Å²) in [6, 6.07) is 7.15. The molecule has 0 spiro atoms. The molecule has 35 heavy (non-hydrogen) atoms. The van der Waals surface area contributed by atoms with Crippen LogP contribution in [0.15, 0.2) is 45.1 Å². The molecule has 1 saturated heterocycles. The summed E-state index contributed by atoms with van der Waals surface area (Å²) >= 11 is 5.89. The van der Waals surface area contributed by atoms with Crippen molar-refractivity contribution in [3.63, 3.8) is 0 Å². The number of fused-ring (bicyclic) bond motifs is 1. The molecule has 10 nitrogen and oxygen atoms in total. The predicted molar refractivity (Wildman–Crippen MR) is 136 cm³/mol. The first-order chi connectivity index (χ1) is 16.7. The Labute approximate surface area is 210 Å². The molecule has 4 rings (SSSR count). The number of benzene rings is 1. The van der Waals surface area contributed by atoms with Gasteiger partial charge in [-0.2, -0.15) is 0 Å². The van der Waals surface area contributed by atoms with Crippen molar-refractivity contribution < 1.29 is 9.32 Å². The number of hydrogen-bond acceptors (Lipinski definition) is 7. The largest absolute Gasteiger partial charge is 0.390 e. The van der Waals surface area contributed by atoms with Crippen LogP contribution in [0.4, 0.5) is 0 Å². The lowest BCUT2D eigenvalue weighted by atomic mass is 10.2. The highest BCUT2D eigenvalue weighted by Crippen LogP contribution is 2.14. The van der Waals surface area contributed by atoms with Crippen molar-refractivity contribution in [3.05, 3.63) is 56.5 Å². The van der Waals surface area contributed by atoms with E-state index in [9.17, 15) is 18.9 Å². The molecule has 1 N–H and O–H groups in total. The Balaban J connectivity index is 1.23. The Morgan fingerprint density at radius 1 is 1.03 bits per heavy atom. The second kappa shape index (κ2) is 11.2. The van der Waals surface area contributed by atoms with E-state index < -0.39 is 28.2 Å². The van der Waals surface area contributed by atoms with E-state index in [1.54, 1.807) is 23.7 Å². The van der Waals surface area contributed by atoms with Gasteiger partial charge in [0.2, 0.25) is 0 Å². The van der Waals surface area contributed by atoms with Crippen LogP contribution >= 0.6 is 11.6 Å². The smallest absolute Gasteiger partial charge is 0.332 e. The van der Waals surface area contributed by atoms with Crippen LogP contribution in [0.25, 0.3) is 11.2 Å². The zero-order valence-electron chi connectivity index (χ0n) is 20.0. The van der Waals surface area contributed by atoms with Gasteiger partial charge in [0.05, 0.1) is 29.8 Å². The number of aliphatic hydroxyl groups excluding tert-OH is 1. The molecule has 0 radical (unpaired) electrons. The van der Waals surface area contributed by atoms with E-state index in [1.807, 2.05) is 12.1 Å². The number of aliphatic hydroxyl groups is 1. The second-order valence-corrected chi connectivity index (χ2v) is 10.9. The number of imidazole rings is 1. The molecular weight excluding hydrogens is 492 g/mol. The fourth-order valence-corrected chi connectivity index (χ4v) is 5.63. The molecule has 12 heteroatoms. The van der Waals surface area contributed by atoms with Gasteiger partial charge in [-0.05, 0) is 37.2 Å². The van der Waals surface area contributed by atoms with Gasteiger partial charge in [0.25, 0.3) is 5.56 Å². The summed E-state index contributed by atoms with van der Waals surface area (Å²) in [7, 11) is 1.99. The van der Waals surface area contributed by atoms with Crippen LogP contribution in [0.1, 0.15) is 6.42 Å². The van der Waals surface area contributed by atoms with Gasteiger partial charge >= 0.3 is 5.69 Å². The third-order valence-corrected chi connectivity index (χ3v) is 8.15. The molecule has 1 aliphatic rings. The van der Waals surface area contributed by atoms with Gasteiger partial charge in [-0.1, -0.05) is 11.6 Å². The maximum absolute atomic E-state index is 12.6. The molecular formula is C23H31ClN6O4S. The van der Waals surface area contributed by atoms with Crippen LogP contribution < -0.4 is 11.2 Å². The van der Waals surface area contributed by atoms with E-state index >= 15 is 0 Å². The fourth-order valence-electron chi connectivity index (χ4n) is 4.44. The average molecular weight is 523 g/mol. The van der Waals surface area contributed by atoms with Crippen LogP contribution in [0.5, 0.6) is 0 Å². The zero-order valence-corrected chi connectivity index (χ0v) is 21.5. The Morgan fingerprint density at radius 3 is 2.37 bits per heavy atom. The lowest BCUT2D eigenvalue weighted by molar-refractivity contribution is 0.0650. The van der Waals surface area contributed by atoms with Gasteiger partial charge in [0.15, 0.2) is 11.2 Å². The lowest BCUT2D eigenvalue weighted by Crippen LogP contribution is -2.49. The second-order valence-electron chi connectivity index (χ2n) is 8.93. The summed E-state index contributed by atoms with van der Waals surface area (Å²) in [5, 5.41) is 11.3. The highest BCUT2D eigenvalue weighted by Gasteiger charge is 2.21. The van der Waals surface area contributed by atoms with E-state index in [-0.39, 0.29) is 6.54 Å². The number of aromatic nitrogens is 4. The molecule has 2 unspecified atom stereocenters. The van der Waals surface area contributed by atoms with E-state index in [1.165, 1.54) is 17.9 Å². The van der Waals surface area contributed by atoms with Crippen LogP contribution in [-0.4, -0.2) is 88.9 Å². The van der Waals surface area contributed by atoms with Gasteiger partial charge in [-0.3, -0.25) is 23.0 Å². The molecule has 1 aliphatic heterocycles. The molecule has 190 valence electrons. The number of piperazine rings is 1. The highest BCUT2D eigenvalue weighted by molar-refractivity contribution is 7.85. The number of rotatable bonds is 9. The lowest BCUT2D eigenvalue weighted by Gasteiger charge is -2.35. The Morgan fingerprint density at radius 2 is 1.69 bits per heavy atom. The maximum Gasteiger partial charge on any atom is 0.332 e. The molecule has 1 fully saturated rings. The first-order valence-corrected chi connectivity index (χ1v) is 13.3. The zero-order chi connectivity index (χ0) is 25.1. The quantitative estimate of drug-likeness (QED) is 0.430. The van der Waals surface area contributed by atoms with Gasteiger partial charge in [-0.15, -0.1) is 0 Å². The molecule has 3 aromatic rings. The Bertz CT molecular complexity index is 1310. The summed E-state index contributed by atoms with van der Waals surface area (Å²) in [4.78, 5) is 34.3. The summed E-state index contributed by atoms with van der Waals surface area (Å²) < 4.78 is 16.4. The maximum atomic E-state index is 12.6. The SMILES string of the molecule is Cn1c(=O)c2c(ncn2CC(O)CN2CCN(CCCS(=O)c3ccc(Cl)cc3)CC2)n(C)c1=O. The summed E-state index contributed by atoms with van der Waals surface area (Å²) in [5.74, 6) is 0.616. The molecule has 0 amide bonds. The van der Waals surface area contributed by atoms with Crippen molar-refractivity contribution in [1.82, 2.24) is 28.5 Å². The number of aryl methyl sites for hydroxylation is 1. The van der Waals surface area contributed by atoms with Crippen molar-refractivity contribution in [2.24, 2.45) is 14.1 Å². The molecule has 0 bridgehead atoms. The number of β-amino-alcohol motifs (C(OH)–C–C–N with tert-alkyl or cyclic N) is 1. The first-order valence-electron chi connectivity index (χ1n) is 11.6. The summed E-state index contributed by atoms with van der Waals surface area (Å²) in [6.45, 7) is 5.03. The minimum absolute atomic E-state index is 0.223. The number of nitrogens with zero attached hydrogens (tertiary/aromatic N) is 6. The van der Waals surface area contributed by atoms with E-state index in [0.717, 1.165) is 48.6 Å². The minimum atomic E-state index is -1.02. The van der Waals surface area contributed by atoms with Gasteiger partial charge in [0, 0.05) is 62.5 Å². The minimum Gasteiger partial charge on any atom is -0.390 e. The van der Waals surface area contributed by atoms with Crippen molar-refractivity contribution >= 4 is 33.6 Å². The van der Waals surface area contributed by atoms with Crippen molar-refractivity contribution in [2.45, 2.75) is 24.0 Å². The highest BCUT2D eigenvalue weighted by atomic mass is 35.5. The van der Waals surface area contributed by atoms with Gasteiger partial charge < -0.3 is 14.6 Å². The monoisotopic (exact) mass is 522 g/mol. The van der Waals surface area contributed by atoms with Crippen molar-refractivity contribution in [2.75, 3.05) is 45.0 Å². The third kappa shape index (κ3) is 5.92. The first kappa shape index (κ1) is 25.8. The van der Waals surface area contributed by atoms with Crippen LogP contribution in [0.2, 0.25) is 5.02 Å². The normalized spacial score (nSPS) is 17.1. The third-order valence-electron chi connectivity index (χ3n) is 6.44. The molecule has 3 heterocycles. The van der Waals surface area contributed by atoms with Gasteiger partial charge in [0.1, 0.15) is 0 Å². The standard InChI is InChI=1S/C23H31ClN6O4S/c1-26-21-20(22(32)27(2)23(26)33)30(16-25-21)15-18(31)14-29-11-9-28(10-12-29)8-3-13-35(34)19-6-4-17(24)5-7-19/h4-7,16,18,31H,3,8-15H2,1-2H3. The van der Waals surface area contributed by atoms with Crippen LogP contribution in [0, 0.1) is 0 Å². The fraction of sp³-hybridized carbons (Fsp3) is 0.522. The van der Waals surface area contributed by atoms with Gasteiger partial charge in [-0.25, -0.2) is 9.78 Å². The van der Waals surface area contributed by atoms with Crippen LogP contribution in [-0.2, 0) is 31.4 Å². The number of halogens is 1. The molecule has 2 atom stereocenters. The van der Waals surface area contributed by atoms with E-state index in [4.69, 9.17) is 11.6 Å². The number of hydrogen-bond donors (Lipinski definition) is 1. The predicted octanol–water partition coefficient (Wildman–Crippen LogP) is 0.264. The molecule has 0 saturated carbocycles. The Hall–Kier alpha value is -2.31. The average Bonchev–Trinajstić information content (AvgIpc) is 3.26. The summed E-state index contributed by atoms with van der Waals surface area (Å²) in [6.07, 6.45) is 1.67. The van der Waals surface area contributed by atoms with E-state index in [2.05, 4.69) is 14.8 Å². The van der Waals surface area contributed by atoms with Crippen molar-refractivity contribution in [3.8, 4) is 0 Å². The Kier molecular flexibility index (Phi) is 8.23. The molecule has 2 aromatic heterocycles. The molecule has 0 aliphatic carbocycles. The van der Waals surface area contributed by atoms with Crippen LogP contribution in [0.3, 0.4) is 0 Å². The summed E-state index contributed by atoms with van der Waals surface area (Å²) in [5.41, 5.74) is -0.217.